The summed E-state index contributed by atoms with van der Waals surface area (Å²) in [6.07, 6.45) is 0.773. The highest BCUT2D eigenvalue weighted by molar-refractivity contribution is 6.35. The van der Waals surface area contributed by atoms with Crippen LogP contribution in [-0.2, 0) is 6.42 Å². The van der Waals surface area contributed by atoms with E-state index in [0.29, 0.717) is 27.5 Å². The number of carbonyl (C=O) groups is 1. The summed E-state index contributed by atoms with van der Waals surface area (Å²) in [6.45, 7) is 0. The Bertz CT molecular complexity index is 382. The van der Waals surface area contributed by atoms with E-state index in [2.05, 4.69) is 0 Å². The predicted octanol–water partition coefficient (Wildman–Crippen LogP) is 2.87. The van der Waals surface area contributed by atoms with Crippen molar-refractivity contribution in [2.75, 3.05) is 0 Å². The standard InChI is InChI=1S/C9H5Cl2NO/c10-8-3-6(1-2-12)9(11)7(4-8)5-13/h3-5H,1H2. The molecule has 1 aromatic rings. The molecule has 0 radical (unpaired) electrons. The molecule has 0 amide bonds. The van der Waals surface area contributed by atoms with Gasteiger partial charge in [0.1, 0.15) is 0 Å². The first-order valence-corrected chi connectivity index (χ1v) is 4.24. The third-order valence-corrected chi connectivity index (χ3v) is 2.22. The Labute approximate surface area is 85.7 Å². The largest absolute Gasteiger partial charge is 0.298 e. The fourth-order valence-corrected chi connectivity index (χ4v) is 1.44. The molecular weight excluding hydrogens is 209 g/mol. The van der Waals surface area contributed by atoms with Gasteiger partial charge >= 0.3 is 0 Å². The second-order valence-corrected chi connectivity index (χ2v) is 3.24. The van der Waals surface area contributed by atoms with Gasteiger partial charge in [0.2, 0.25) is 0 Å². The van der Waals surface area contributed by atoms with Gasteiger partial charge in [-0.1, -0.05) is 23.2 Å². The molecule has 0 bridgehead atoms. The molecule has 0 aromatic heterocycles. The van der Waals surface area contributed by atoms with Crippen LogP contribution in [0.4, 0.5) is 0 Å². The highest BCUT2D eigenvalue weighted by atomic mass is 35.5. The number of rotatable bonds is 2. The quantitative estimate of drug-likeness (QED) is 0.710. The molecule has 2 nitrogen and oxygen atoms in total. The Morgan fingerprint density at radius 1 is 1.46 bits per heavy atom. The lowest BCUT2D eigenvalue weighted by Gasteiger charge is -2.02. The highest BCUT2D eigenvalue weighted by Crippen LogP contribution is 2.24. The van der Waals surface area contributed by atoms with Crippen molar-refractivity contribution in [1.29, 1.82) is 5.26 Å². The summed E-state index contributed by atoms with van der Waals surface area (Å²) in [6, 6.07) is 5.00. The Morgan fingerprint density at radius 2 is 2.15 bits per heavy atom. The van der Waals surface area contributed by atoms with Crippen LogP contribution in [0.25, 0.3) is 0 Å². The fourth-order valence-electron chi connectivity index (χ4n) is 0.968. The van der Waals surface area contributed by atoms with Gasteiger partial charge in [-0.05, 0) is 17.7 Å². The zero-order valence-corrected chi connectivity index (χ0v) is 8.06. The summed E-state index contributed by atoms with van der Waals surface area (Å²) < 4.78 is 0. The second-order valence-electron chi connectivity index (χ2n) is 2.42. The van der Waals surface area contributed by atoms with Gasteiger partial charge in [0, 0.05) is 10.6 Å². The molecule has 0 unspecified atom stereocenters. The van der Waals surface area contributed by atoms with Gasteiger partial charge < -0.3 is 0 Å². The first kappa shape index (κ1) is 10.0. The molecule has 66 valence electrons. The lowest BCUT2D eigenvalue weighted by molar-refractivity contribution is 0.112. The Balaban J connectivity index is 3.28. The molecule has 0 aliphatic carbocycles. The van der Waals surface area contributed by atoms with Crippen LogP contribution in [0, 0.1) is 11.3 Å². The average molecular weight is 214 g/mol. The number of nitriles is 1. The van der Waals surface area contributed by atoms with Crippen molar-refractivity contribution in [3.8, 4) is 6.07 Å². The van der Waals surface area contributed by atoms with Crippen LogP contribution < -0.4 is 0 Å². The lowest BCUT2D eigenvalue weighted by Crippen LogP contribution is -1.90. The minimum absolute atomic E-state index is 0.153. The minimum atomic E-state index is 0.153. The molecule has 0 aliphatic heterocycles. The number of carbonyl (C=O) groups excluding carboxylic acids is 1. The number of nitrogens with zero attached hydrogens (tertiary/aromatic N) is 1. The monoisotopic (exact) mass is 213 g/mol. The first-order valence-electron chi connectivity index (χ1n) is 3.49. The maximum absolute atomic E-state index is 10.5. The van der Waals surface area contributed by atoms with Gasteiger partial charge in [-0.15, -0.1) is 0 Å². The van der Waals surface area contributed by atoms with Gasteiger partial charge in [-0.3, -0.25) is 4.79 Å². The molecule has 0 fully saturated rings. The fraction of sp³-hybridized carbons (Fsp3) is 0.111. The topological polar surface area (TPSA) is 40.9 Å². The summed E-state index contributed by atoms with van der Waals surface area (Å²) in [7, 11) is 0. The zero-order valence-electron chi connectivity index (χ0n) is 6.55. The summed E-state index contributed by atoms with van der Waals surface area (Å²) in [5, 5.41) is 9.18. The van der Waals surface area contributed by atoms with Gasteiger partial charge in [0.05, 0.1) is 17.5 Å². The SMILES string of the molecule is N#CCc1cc(Cl)cc(C=O)c1Cl. The molecule has 0 spiro atoms. The van der Waals surface area contributed by atoms with Crippen molar-refractivity contribution < 1.29 is 4.79 Å². The van der Waals surface area contributed by atoms with Crippen molar-refractivity contribution >= 4 is 29.5 Å². The van der Waals surface area contributed by atoms with Gasteiger partial charge in [-0.25, -0.2) is 0 Å². The summed E-state index contributed by atoms with van der Waals surface area (Å²) in [5.41, 5.74) is 0.901. The molecular formula is C9H5Cl2NO. The van der Waals surface area contributed by atoms with Crippen LogP contribution in [-0.4, -0.2) is 6.29 Å². The molecule has 0 saturated heterocycles. The first-order chi connectivity index (χ1) is 6.19. The molecule has 4 heteroatoms. The van der Waals surface area contributed by atoms with Crippen LogP contribution in [0.3, 0.4) is 0 Å². The maximum atomic E-state index is 10.5. The van der Waals surface area contributed by atoms with E-state index in [1.807, 2.05) is 6.07 Å². The normalized spacial score (nSPS) is 9.31. The van der Waals surface area contributed by atoms with Crippen molar-refractivity contribution in [2.45, 2.75) is 6.42 Å². The van der Waals surface area contributed by atoms with E-state index in [4.69, 9.17) is 28.5 Å². The maximum Gasteiger partial charge on any atom is 0.151 e. The molecule has 0 aliphatic rings. The molecule has 0 atom stereocenters. The average Bonchev–Trinajstić information content (AvgIpc) is 2.11. The third kappa shape index (κ3) is 2.21. The number of hydrogen-bond acceptors (Lipinski definition) is 2. The van der Waals surface area contributed by atoms with Gasteiger partial charge in [-0.2, -0.15) is 5.26 Å². The van der Waals surface area contributed by atoms with Crippen LogP contribution in [0.15, 0.2) is 12.1 Å². The van der Waals surface area contributed by atoms with E-state index in [0.717, 1.165) is 0 Å². The number of aldehydes is 1. The van der Waals surface area contributed by atoms with Crippen molar-refractivity contribution in [3.63, 3.8) is 0 Å². The van der Waals surface area contributed by atoms with Crippen molar-refractivity contribution in [3.05, 3.63) is 33.3 Å². The van der Waals surface area contributed by atoms with E-state index in [9.17, 15) is 4.79 Å². The smallest absolute Gasteiger partial charge is 0.151 e. The van der Waals surface area contributed by atoms with Crippen LogP contribution in [0.2, 0.25) is 10.0 Å². The molecule has 0 heterocycles. The van der Waals surface area contributed by atoms with E-state index in [1.54, 1.807) is 6.07 Å². The van der Waals surface area contributed by atoms with Crippen LogP contribution >= 0.6 is 23.2 Å². The van der Waals surface area contributed by atoms with E-state index >= 15 is 0 Å². The minimum Gasteiger partial charge on any atom is -0.298 e. The van der Waals surface area contributed by atoms with Crippen molar-refractivity contribution in [2.24, 2.45) is 0 Å². The molecule has 13 heavy (non-hydrogen) atoms. The van der Waals surface area contributed by atoms with E-state index in [1.165, 1.54) is 6.07 Å². The zero-order chi connectivity index (χ0) is 9.84. The molecule has 1 aromatic carbocycles. The van der Waals surface area contributed by atoms with Crippen molar-refractivity contribution in [1.82, 2.24) is 0 Å². The Hall–Kier alpha value is -1.04. The van der Waals surface area contributed by atoms with Gasteiger partial charge in [0.25, 0.3) is 0 Å². The number of hydrogen-bond donors (Lipinski definition) is 0. The number of halogens is 2. The van der Waals surface area contributed by atoms with Gasteiger partial charge in [0.15, 0.2) is 6.29 Å². The third-order valence-electron chi connectivity index (χ3n) is 1.54. The second kappa shape index (κ2) is 4.27. The van der Waals surface area contributed by atoms with E-state index in [-0.39, 0.29) is 6.42 Å². The summed E-state index contributed by atoms with van der Waals surface area (Å²) in [4.78, 5) is 10.5. The van der Waals surface area contributed by atoms with Crippen LogP contribution in [0.5, 0.6) is 0 Å². The molecule has 0 N–H and O–H groups in total. The molecule has 1 rings (SSSR count). The van der Waals surface area contributed by atoms with E-state index < -0.39 is 0 Å². The molecule has 0 saturated carbocycles. The lowest BCUT2D eigenvalue weighted by atomic mass is 10.1. The summed E-state index contributed by atoms with van der Waals surface area (Å²) in [5.74, 6) is 0. The Morgan fingerprint density at radius 3 is 2.69 bits per heavy atom. The summed E-state index contributed by atoms with van der Waals surface area (Å²) >= 11 is 11.5. The number of benzene rings is 1. The Kier molecular flexibility index (Phi) is 3.30. The predicted molar refractivity (Wildman–Crippen MR) is 51.2 cm³/mol. The van der Waals surface area contributed by atoms with Crippen LogP contribution in [0.1, 0.15) is 15.9 Å². The highest BCUT2D eigenvalue weighted by Gasteiger charge is 2.07.